The van der Waals surface area contributed by atoms with Gasteiger partial charge in [-0.15, -0.1) is 0 Å². The molecule has 1 N–H and O–H groups in total. The molecule has 7 heteroatoms. The number of hydrogen-bond acceptors (Lipinski definition) is 4. The van der Waals surface area contributed by atoms with Gasteiger partial charge in [0.2, 0.25) is 0 Å². The average Bonchev–Trinajstić information content (AvgIpc) is 2.45. The molecule has 1 fully saturated rings. The number of nitro benzene ring substituents is 1. The van der Waals surface area contributed by atoms with Crippen LogP contribution in [0.4, 0.5) is 10.1 Å². The van der Waals surface area contributed by atoms with Gasteiger partial charge >= 0.3 is 0 Å². The number of likely N-dealkylation sites (tertiary alicyclic amines) is 1. The Balaban J connectivity index is 2.29. The predicted molar refractivity (Wildman–Crippen MR) is 75.8 cm³/mol. The largest absolute Gasteiger partial charge is 0.338 e. The van der Waals surface area contributed by atoms with Gasteiger partial charge < -0.3 is 10.2 Å². The molecule has 1 amide bonds. The summed E-state index contributed by atoms with van der Waals surface area (Å²) < 4.78 is 13.5. The van der Waals surface area contributed by atoms with Crippen LogP contribution >= 0.6 is 0 Å². The maximum Gasteiger partial charge on any atom is 0.285 e. The number of benzene rings is 1. The predicted octanol–water partition coefficient (Wildman–Crippen LogP) is 1.87. The molecule has 0 saturated carbocycles. The van der Waals surface area contributed by atoms with E-state index in [9.17, 15) is 19.3 Å². The number of rotatable bonds is 3. The fourth-order valence-electron chi connectivity index (χ4n) is 2.68. The van der Waals surface area contributed by atoms with Gasteiger partial charge in [0, 0.05) is 24.7 Å². The van der Waals surface area contributed by atoms with Crippen molar-refractivity contribution in [3.63, 3.8) is 0 Å². The van der Waals surface area contributed by atoms with Crippen molar-refractivity contribution in [3.8, 4) is 0 Å². The average molecular weight is 295 g/mol. The molecular weight excluding hydrogens is 277 g/mol. The monoisotopic (exact) mass is 295 g/mol. The Hall–Kier alpha value is -2.02. The molecule has 1 aromatic rings. The molecular formula is C14H18FN3O3. The van der Waals surface area contributed by atoms with Crippen LogP contribution in [0.5, 0.6) is 0 Å². The van der Waals surface area contributed by atoms with E-state index in [1.54, 1.807) is 4.90 Å². The van der Waals surface area contributed by atoms with Crippen molar-refractivity contribution in [1.29, 1.82) is 0 Å². The molecule has 0 spiro atoms. The zero-order chi connectivity index (χ0) is 15.6. The molecule has 6 nitrogen and oxygen atoms in total. The first kappa shape index (κ1) is 15.4. The summed E-state index contributed by atoms with van der Waals surface area (Å²) in [6, 6.07) is 2.37. The number of nitrogens with zero attached hydrogens (tertiary/aromatic N) is 2. The van der Waals surface area contributed by atoms with Crippen molar-refractivity contribution in [2.24, 2.45) is 0 Å². The molecule has 2 rings (SSSR count). The van der Waals surface area contributed by atoms with Crippen molar-refractivity contribution in [2.45, 2.75) is 25.8 Å². The SMILES string of the molecule is CNC1CCN(C(=O)c2cc(F)cc(C)c2[N+](=O)[O-])CC1. The topological polar surface area (TPSA) is 75.5 Å². The van der Waals surface area contributed by atoms with Gasteiger partial charge in [-0.3, -0.25) is 14.9 Å². The third kappa shape index (κ3) is 3.18. The Morgan fingerprint density at radius 3 is 2.57 bits per heavy atom. The van der Waals surface area contributed by atoms with Crippen LogP contribution < -0.4 is 5.32 Å². The third-order valence-corrected chi connectivity index (χ3v) is 3.87. The van der Waals surface area contributed by atoms with Crippen LogP contribution in [0.15, 0.2) is 12.1 Å². The van der Waals surface area contributed by atoms with Gasteiger partial charge in [-0.2, -0.15) is 0 Å². The van der Waals surface area contributed by atoms with E-state index in [4.69, 9.17) is 0 Å². The van der Waals surface area contributed by atoms with E-state index in [1.807, 2.05) is 7.05 Å². The van der Waals surface area contributed by atoms with Crippen molar-refractivity contribution < 1.29 is 14.1 Å². The standard InChI is InChI=1S/C14H18FN3O3/c1-9-7-10(15)8-12(13(9)18(20)21)14(19)17-5-3-11(16-2)4-6-17/h7-8,11,16H,3-6H2,1-2H3. The van der Waals surface area contributed by atoms with E-state index in [2.05, 4.69) is 5.32 Å². The van der Waals surface area contributed by atoms with E-state index >= 15 is 0 Å². The van der Waals surface area contributed by atoms with Gasteiger partial charge in [0.05, 0.1) is 4.92 Å². The first-order chi connectivity index (χ1) is 9.93. The van der Waals surface area contributed by atoms with Crippen LogP contribution in [0.1, 0.15) is 28.8 Å². The summed E-state index contributed by atoms with van der Waals surface area (Å²) >= 11 is 0. The molecule has 0 radical (unpaired) electrons. The molecule has 1 aliphatic heterocycles. The molecule has 0 atom stereocenters. The highest BCUT2D eigenvalue weighted by molar-refractivity contribution is 5.98. The van der Waals surface area contributed by atoms with Crippen LogP contribution in [0.25, 0.3) is 0 Å². The van der Waals surface area contributed by atoms with E-state index in [1.165, 1.54) is 6.92 Å². The first-order valence-electron chi connectivity index (χ1n) is 6.85. The highest BCUT2D eigenvalue weighted by Gasteiger charge is 2.29. The van der Waals surface area contributed by atoms with Gasteiger partial charge in [-0.1, -0.05) is 0 Å². The van der Waals surface area contributed by atoms with Crippen molar-refractivity contribution in [2.75, 3.05) is 20.1 Å². The van der Waals surface area contributed by atoms with Crippen LogP contribution in [0.2, 0.25) is 0 Å². The fourth-order valence-corrected chi connectivity index (χ4v) is 2.68. The summed E-state index contributed by atoms with van der Waals surface area (Å²) in [6.45, 7) is 2.46. The number of carbonyl (C=O) groups excluding carboxylic acids is 1. The summed E-state index contributed by atoms with van der Waals surface area (Å²) in [4.78, 5) is 24.5. The summed E-state index contributed by atoms with van der Waals surface area (Å²) in [5.74, 6) is -1.11. The second-order valence-corrected chi connectivity index (χ2v) is 5.23. The first-order valence-corrected chi connectivity index (χ1v) is 6.85. The van der Waals surface area contributed by atoms with E-state index in [-0.39, 0.29) is 16.8 Å². The molecule has 1 heterocycles. The molecule has 0 bridgehead atoms. The fraction of sp³-hybridized carbons (Fsp3) is 0.500. The van der Waals surface area contributed by atoms with E-state index in [0.717, 1.165) is 25.0 Å². The number of nitrogens with one attached hydrogen (secondary N) is 1. The van der Waals surface area contributed by atoms with Crippen LogP contribution in [0.3, 0.4) is 0 Å². The Labute approximate surface area is 122 Å². The Kier molecular flexibility index (Phi) is 4.52. The molecule has 0 aromatic heterocycles. The molecule has 1 aliphatic rings. The van der Waals surface area contributed by atoms with Crippen LogP contribution in [-0.4, -0.2) is 41.9 Å². The smallest absolute Gasteiger partial charge is 0.285 e. The summed E-state index contributed by atoms with van der Waals surface area (Å²) in [5, 5.41) is 14.3. The minimum Gasteiger partial charge on any atom is -0.338 e. The number of aryl methyl sites for hydroxylation is 1. The summed E-state index contributed by atoms with van der Waals surface area (Å²) in [7, 11) is 1.86. The van der Waals surface area contributed by atoms with Gasteiger partial charge in [-0.05, 0) is 38.9 Å². The summed E-state index contributed by atoms with van der Waals surface area (Å²) in [6.07, 6.45) is 1.56. The minimum atomic E-state index is -0.633. The Morgan fingerprint density at radius 1 is 1.43 bits per heavy atom. The Morgan fingerprint density at radius 2 is 2.05 bits per heavy atom. The zero-order valence-electron chi connectivity index (χ0n) is 12.1. The second kappa shape index (κ2) is 6.17. The lowest BCUT2D eigenvalue weighted by Crippen LogP contribution is -2.44. The summed E-state index contributed by atoms with van der Waals surface area (Å²) in [5.41, 5.74) is -0.314. The number of hydrogen-bond donors (Lipinski definition) is 1. The number of amides is 1. The molecule has 0 aliphatic carbocycles. The van der Waals surface area contributed by atoms with Gasteiger partial charge in [0.1, 0.15) is 11.4 Å². The lowest BCUT2D eigenvalue weighted by molar-refractivity contribution is -0.385. The van der Waals surface area contributed by atoms with Gasteiger partial charge in [-0.25, -0.2) is 4.39 Å². The van der Waals surface area contributed by atoms with Crippen LogP contribution in [0, 0.1) is 22.9 Å². The molecule has 1 aromatic carbocycles. The highest BCUT2D eigenvalue weighted by atomic mass is 19.1. The van der Waals surface area contributed by atoms with Crippen LogP contribution in [-0.2, 0) is 0 Å². The lowest BCUT2D eigenvalue weighted by atomic mass is 10.0. The molecule has 114 valence electrons. The number of halogens is 1. The molecule has 0 unspecified atom stereocenters. The zero-order valence-corrected chi connectivity index (χ0v) is 12.1. The molecule has 1 saturated heterocycles. The van der Waals surface area contributed by atoms with E-state index in [0.29, 0.717) is 19.1 Å². The maximum atomic E-state index is 13.5. The van der Waals surface area contributed by atoms with Crippen molar-refractivity contribution in [3.05, 3.63) is 39.2 Å². The number of carbonyl (C=O) groups is 1. The van der Waals surface area contributed by atoms with Gasteiger partial charge in [0.25, 0.3) is 11.6 Å². The Bertz CT molecular complexity index is 569. The number of nitro groups is 1. The molecule has 21 heavy (non-hydrogen) atoms. The number of piperidine rings is 1. The quantitative estimate of drug-likeness (QED) is 0.682. The normalized spacial score (nSPS) is 16.0. The van der Waals surface area contributed by atoms with E-state index < -0.39 is 16.6 Å². The second-order valence-electron chi connectivity index (χ2n) is 5.23. The minimum absolute atomic E-state index is 0.161. The third-order valence-electron chi connectivity index (χ3n) is 3.87. The van der Waals surface area contributed by atoms with Gasteiger partial charge in [0.15, 0.2) is 0 Å². The highest BCUT2D eigenvalue weighted by Crippen LogP contribution is 2.27. The lowest BCUT2D eigenvalue weighted by Gasteiger charge is -2.31. The van der Waals surface area contributed by atoms with Crippen molar-refractivity contribution in [1.82, 2.24) is 10.2 Å². The van der Waals surface area contributed by atoms with Crippen molar-refractivity contribution >= 4 is 11.6 Å². The maximum absolute atomic E-state index is 13.5.